The van der Waals surface area contributed by atoms with Crippen LogP contribution in [-0.4, -0.2) is 17.7 Å². The normalized spacial score (nSPS) is 10.6. The average molecular weight is 222 g/mol. The molecule has 16 heavy (non-hydrogen) atoms. The van der Waals surface area contributed by atoms with Crippen LogP contribution >= 0.6 is 0 Å². The zero-order valence-corrected chi connectivity index (χ0v) is 10.1. The van der Waals surface area contributed by atoms with Gasteiger partial charge in [-0.15, -0.1) is 0 Å². The van der Waals surface area contributed by atoms with Crippen LogP contribution in [-0.2, 0) is 0 Å². The lowest BCUT2D eigenvalue weighted by Crippen LogP contribution is -2.30. The standard InChI is InChI=1S/C11H18N4O/c1-6(2)8-5-9(15(4)13)14-11(16)10(8)7(3)12/h5-6,12H,13H2,1-4H3,(H,14,16). The van der Waals surface area contributed by atoms with Crippen LogP contribution in [0.3, 0.4) is 0 Å². The molecule has 0 unspecified atom stereocenters. The first-order chi connectivity index (χ1) is 7.34. The molecule has 5 heteroatoms. The molecule has 0 aliphatic rings. The van der Waals surface area contributed by atoms with Crippen LogP contribution < -0.4 is 16.4 Å². The number of hydrogen-bond donors (Lipinski definition) is 3. The van der Waals surface area contributed by atoms with Gasteiger partial charge < -0.3 is 10.4 Å². The van der Waals surface area contributed by atoms with Gasteiger partial charge in [-0.2, -0.15) is 0 Å². The van der Waals surface area contributed by atoms with E-state index in [-0.39, 0.29) is 17.2 Å². The lowest BCUT2D eigenvalue weighted by atomic mass is 9.96. The molecule has 0 radical (unpaired) electrons. The summed E-state index contributed by atoms with van der Waals surface area (Å²) in [6, 6.07) is 1.82. The molecule has 5 nitrogen and oxygen atoms in total. The number of aromatic nitrogens is 1. The quantitative estimate of drug-likeness (QED) is 0.408. The maximum atomic E-state index is 11.8. The minimum atomic E-state index is -0.258. The van der Waals surface area contributed by atoms with Gasteiger partial charge in [-0.25, -0.2) is 5.84 Å². The third-order valence-electron chi connectivity index (χ3n) is 2.43. The van der Waals surface area contributed by atoms with Crippen molar-refractivity contribution in [1.29, 1.82) is 5.41 Å². The number of hydrogen-bond acceptors (Lipinski definition) is 4. The third kappa shape index (κ3) is 2.30. The predicted octanol–water partition coefficient (Wildman–Crippen LogP) is 1.20. The number of nitrogens with two attached hydrogens (primary N) is 1. The predicted molar refractivity (Wildman–Crippen MR) is 66.2 cm³/mol. The van der Waals surface area contributed by atoms with E-state index < -0.39 is 0 Å². The summed E-state index contributed by atoms with van der Waals surface area (Å²) in [5, 5.41) is 8.98. The van der Waals surface area contributed by atoms with Crippen LogP contribution in [0, 0.1) is 5.41 Å². The monoisotopic (exact) mass is 222 g/mol. The Kier molecular flexibility index (Phi) is 3.49. The molecule has 0 bridgehead atoms. The minimum absolute atomic E-state index is 0.177. The van der Waals surface area contributed by atoms with E-state index in [1.165, 1.54) is 5.01 Å². The molecule has 0 aliphatic heterocycles. The molecule has 0 amide bonds. The smallest absolute Gasteiger partial charge is 0.258 e. The molecule has 0 fully saturated rings. The summed E-state index contributed by atoms with van der Waals surface area (Å²) in [6.07, 6.45) is 0. The topological polar surface area (TPSA) is 86.0 Å². The van der Waals surface area contributed by atoms with Crippen molar-refractivity contribution >= 4 is 11.5 Å². The molecule has 0 atom stereocenters. The highest BCUT2D eigenvalue weighted by Crippen LogP contribution is 2.20. The second-order valence-electron chi connectivity index (χ2n) is 4.20. The Balaban J connectivity index is 3.52. The van der Waals surface area contributed by atoms with Crippen molar-refractivity contribution in [2.45, 2.75) is 26.7 Å². The van der Waals surface area contributed by atoms with Gasteiger partial charge in [0.2, 0.25) is 0 Å². The average Bonchev–Trinajstić information content (AvgIpc) is 2.15. The van der Waals surface area contributed by atoms with Gasteiger partial charge in [-0.3, -0.25) is 9.80 Å². The zero-order valence-electron chi connectivity index (χ0n) is 10.1. The van der Waals surface area contributed by atoms with Crippen molar-refractivity contribution in [3.05, 3.63) is 27.5 Å². The van der Waals surface area contributed by atoms with Gasteiger partial charge >= 0.3 is 0 Å². The number of hydrazine groups is 1. The molecule has 0 aromatic carbocycles. The third-order valence-corrected chi connectivity index (χ3v) is 2.43. The van der Waals surface area contributed by atoms with Crippen LogP contribution in [0.4, 0.5) is 5.82 Å². The van der Waals surface area contributed by atoms with Crippen molar-refractivity contribution in [1.82, 2.24) is 4.98 Å². The fourth-order valence-corrected chi connectivity index (χ4v) is 1.60. The molecule has 0 saturated carbocycles. The van der Waals surface area contributed by atoms with Gasteiger partial charge in [0.1, 0.15) is 5.82 Å². The molecule has 1 rings (SSSR count). The lowest BCUT2D eigenvalue weighted by Gasteiger charge is -2.17. The summed E-state index contributed by atoms with van der Waals surface area (Å²) in [5.74, 6) is 6.32. The molecule has 1 aromatic rings. The first kappa shape index (κ1) is 12.4. The van der Waals surface area contributed by atoms with E-state index in [0.717, 1.165) is 5.56 Å². The minimum Gasteiger partial charge on any atom is -0.307 e. The van der Waals surface area contributed by atoms with Gasteiger partial charge in [-0.05, 0) is 24.5 Å². The molecular formula is C11H18N4O. The van der Waals surface area contributed by atoms with Crippen LogP contribution in [0.25, 0.3) is 0 Å². The van der Waals surface area contributed by atoms with E-state index in [1.54, 1.807) is 14.0 Å². The second kappa shape index (κ2) is 4.49. The summed E-state index contributed by atoms with van der Waals surface area (Å²) in [4.78, 5) is 14.5. The van der Waals surface area contributed by atoms with Crippen molar-refractivity contribution < 1.29 is 0 Å². The van der Waals surface area contributed by atoms with E-state index >= 15 is 0 Å². The van der Waals surface area contributed by atoms with Gasteiger partial charge in [0.05, 0.1) is 5.56 Å². The van der Waals surface area contributed by atoms with Crippen molar-refractivity contribution in [3.63, 3.8) is 0 Å². The van der Waals surface area contributed by atoms with Gasteiger partial charge in [0.25, 0.3) is 5.56 Å². The largest absolute Gasteiger partial charge is 0.307 e. The number of pyridine rings is 1. The van der Waals surface area contributed by atoms with Gasteiger partial charge in [0, 0.05) is 12.8 Å². The van der Waals surface area contributed by atoms with E-state index in [0.29, 0.717) is 11.4 Å². The molecular weight excluding hydrogens is 204 g/mol. The summed E-state index contributed by atoms with van der Waals surface area (Å²) in [7, 11) is 1.66. The summed E-state index contributed by atoms with van der Waals surface area (Å²) < 4.78 is 0. The van der Waals surface area contributed by atoms with Crippen LogP contribution in [0.15, 0.2) is 10.9 Å². The first-order valence-electron chi connectivity index (χ1n) is 5.15. The van der Waals surface area contributed by atoms with Crippen LogP contribution in [0.5, 0.6) is 0 Å². The van der Waals surface area contributed by atoms with E-state index in [9.17, 15) is 4.79 Å². The summed E-state index contributed by atoms with van der Waals surface area (Å²) >= 11 is 0. The number of rotatable bonds is 3. The molecule has 88 valence electrons. The number of nitrogens with one attached hydrogen (secondary N) is 2. The highest BCUT2D eigenvalue weighted by atomic mass is 16.1. The van der Waals surface area contributed by atoms with Gasteiger partial charge in [-0.1, -0.05) is 13.8 Å². The lowest BCUT2D eigenvalue weighted by molar-refractivity contribution is 0.848. The molecule has 0 spiro atoms. The molecule has 4 N–H and O–H groups in total. The van der Waals surface area contributed by atoms with Crippen molar-refractivity contribution in [3.8, 4) is 0 Å². The maximum absolute atomic E-state index is 11.8. The first-order valence-corrected chi connectivity index (χ1v) is 5.15. The summed E-state index contributed by atoms with van der Waals surface area (Å²) in [6.45, 7) is 5.59. The summed E-state index contributed by atoms with van der Waals surface area (Å²) in [5.41, 5.74) is 1.31. The number of H-pyrrole nitrogens is 1. The molecule has 0 aliphatic carbocycles. The van der Waals surface area contributed by atoms with Crippen molar-refractivity contribution in [2.75, 3.05) is 12.1 Å². The Hall–Kier alpha value is -1.62. The fraction of sp³-hybridized carbons (Fsp3) is 0.455. The second-order valence-corrected chi connectivity index (χ2v) is 4.20. The number of nitrogens with zero attached hydrogens (tertiary/aromatic N) is 1. The molecule has 0 saturated heterocycles. The van der Waals surface area contributed by atoms with Crippen LogP contribution in [0.1, 0.15) is 37.8 Å². The SMILES string of the molecule is CC(=N)c1c(C(C)C)cc(N(C)N)[nH]c1=O. The van der Waals surface area contributed by atoms with Crippen LogP contribution in [0.2, 0.25) is 0 Å². The Morgan fingerprint density at radius 2 is 2.12 bits per heavy atom. The maximum Gasteiger partial charge on any atom is 0.258 e. The molecule has 1 heterocycles. The Bertz CT molecular complexity index is 460. The number of aromatic amines is 1. The van der Waals surface area contributed by atoms with E-state index in [2.05, 4.69) is 4.98 Å². The highest BCUT2D eigenvalue weighted by Gasteiger charge is 2.14. The zero-order chi connectivity index (χ0) is 12.5. The highest BCUT2D eigenvalue weighted by molar-refractivity contribution is 5.97. The van der Waals surface area contributed by atoms with Crippen molar-refractivity contribution in [2.24, 2.45) is 5.84 Å². The molecule has 1 aromatic heterocycles. The van der Waals surface area contributed by atoms with E-state index in [4.69, 9.17) is 11.3 Å². The van der Waals surface area contributed by atoms with Gasteiger partial charge in [0.15, 0.2) is 0 Å². The Morgan fingerprint density at radius 1 is 1.56 bits per heavy atom. The Morgan fingerprint density at radius 3 is 2.50 bits per heavy atom. The number of anilines is 1. The fourth-order valence-electron chi connectivity index (χ4n) is 1.60. The Labute approximate surface area is 94.8 Å². The van der Waals surface area contributed by atoms with E-state index in [1.807, 2.05) is 19.9 Å².